The van der Waals surface area contributed by atoms with Gasteiger partial charge in [0.2, 0.25) is 5.91 Å². The topological polar surface area (TPSA) is 60.9 Å². The number of aromatic hydroxyl groups is 1. The fraction of sp³-hybridized carbons (Fsp3) is 0.600. The summed E-state index contributed by atoms with van der Waals surface area (Å²) in [4.78, 5) is 29.5. The van der Waals surface area contributed by atoms with E-state index in [2.05, 4.69) is 13.8 Å². The van der Waals surface area contributed by atoms with Crippen molar-refractivity contribution in [1.29, 1.82) is 0 Å². The van der Waals surface area contributed by atoms with Gasteiger partial charge in [-0.05, 0) is 49.7 Å². The molecule has 2 fully saturated rings. The maximum Gasteiger partial charge on any atom is 0.258 e. The average Bonchev–Trinajstić information content (AvgIpc) is 3.10. The Labute approximate surface area is 149 Å². The van der Waals surface area contributed by atoms with Gasteiger partial charge in [0.15, 0.2) is 0 Å². The summed E-state index contributed by atoms with van der Waals surface area (Å²) < 4.78 is 0. The molecule has 1 aromatic carbocycles. The minimum absolute atomic E-state index is 0.0258. The van der Waals surface area contributed by atoms with Gasteiger partial charge in [-0.1, -0.05) is 26.0 Å². The van der Waals surface area contributed by atoms with Gasteiger partial charge in [-0.3, -0.25) is 9.59 Å². The first-order valence-electron chi connectivity index (χ1n) is 9.33. The number of likely N-dealkylation sites (tertiary alicyclic amines) is 2. The lowest BCUT2D eigenvalue weighted by molar-refractivity contribution is -0.138. The summed E-state index contributed by atoms with van der Waals surface area (Å²) in [5.41, 5.74) is 0.457. The number of benzene rings is 1. The highest BCUT2D eigenvalue weighted by Crippen LogP contribution is 2.34. The van der Waals surface area contributed by atoms with E-state index in [-0.39, 0.29) is 28.5 Å². The molecule has 2 amide bonds. The minimum Gasteiger partial charge on any atom is -0.507 e. The Kier molecular flexibility index (Phi) is 5.02. The molecule has 1 aromatic rings. The number of hydrogen-bond acceptors (Lipinski definition) is 3. The highest BCUT2D eigenvalue weighted by molar-refractivity contribution is 5.99. The van der Waals surface area contributed by atoms with Crippen molar-refractivity contribution < 1.29 is 14.7 Å². The van der Waals surface area contributed by atoms with Gasteiger partial charge < -0.3 is 14.9 Å². The van der Waals surface area contributed by atoms with Crippen molar-refractivity contribution >= 4 is 11.8 Å². The van der Waals surface area contributed by atoms with Gasteiger partial charge in [0.05, 0.1) is 5.56 Å². The van der Waals surface area contributed by atoms with Gasteiger partial charge in [-0.15, -0.1) is 0 Å². The van der Waals surface area contributed by atoms with Crippen LogP contribution in [0.2, 0.25) is 0 Å². The number of para-hydroxylation sites is 1. The lowest BCUT2D eigenvalue weighted by Crippen LogP contribution is -2.52. The molecule has 1 N–H and O–H groups in total. The Hall–Kier alpha value is -2.04. The van der Waals surface area contributed by atoms with E-state index < -0.39 is 6.04 Å². The van der Waals surface area contributed by atoms with Crippen LogP contribution in [0.5, 0.6) is 5.75 Å². The SMILES string of the molecule is CCC1(C)CCCN(C(=O)C2CCCN2C(=O)c2ccccc2O)C1. The standard InChI is InChI=1S/C20H28N2O3/c1-3-20(2)11-7-12-21(14-20)19(25)16-9-6-13-22(16)18(24)15-8-4-5-10-17(15)23/h4-5,8,10,16,23H,3,6-7,9,11-14H2,1-2H3. The van der Waals surface area contributed by atoms with E-state index >= 15 is 0 Å². The normalized spacial score (nSPS) is 26.7. The fourth-order valence-electron chi connectivity index (χ4n) is 4.08. The second-order valence-corrected chi connectivity index (χ2v) is 7.70. The first-order chi connectivity index (χ1) is 11.9. The highest BCUT2D eigenvalue weighted by atomic mass is 16.3. The molecule has 2 heterocycles. The molecule has 136 valence electrons. The Bertz CT molecular complexity index is 660. The third-order valence-electron chi connectivity index (χ3n) is 5.88. The number of phenolic OH excluding ortho intramolecular Hbond substituents is 1. The van der Waals surface area contributed by atoms with E-state index in [0.29, 0.717) is 13.0 Å². The van der Waals surface area contributed by atoms with Gasteiger partial charge >= 0.3 is 0 Å². The number of carbonyl (C=O) groups excluding carboxylic acids is 2. The van der Waals surface area contributed by atoms with Crippen molar-refractivity contribution in [1.82, 2.24) is 9.80 Å². The first kappa shape index (κ1) is 17.8. The molecule has 2 aliphatic rings. The monoisotopic (exact) mass is 344 g/mol. The number of nitrogens with zero attached hydrogens (tertiary/aromatic N) is 2. The summed E-state index contributed by atoms with van der Waals surface area (Å²) in [5, 5.41) is 9.97. The van der Waals surface area contributed by atoms with Crippen molar-refractivity contribution in [2.45, 2.75) is 52.0 Å². The number of carbonyl (C=O) groups is 2. The van der Waals surface area contributed by atoms with E-state index in [1.54, 1.807) is 23.1 Å². The molecule has 2 saturated heterocycles. The third-order valence-corrected chi connectivity index (χ3v) is 5.88. The third kappa shape index (κ3) is 3.51. The number of hydrogen-bond donors (Lipinski definition) is 1. The van der Waals surface area contributed by atoms with E-state index in [1.807, 2.05) is 4.90 Å². The van der Waals surface area contributed by atoms with Crippen LogP contribution in [0.4, 0.5) is 0 Å². The quantitative estimate of drug-likeness (QED) is 0.917. The molecule has 0 bridgehead atoms. The van der Waals surface area contributed by atoms with E-state index in [1.165, 1.54) is 6.07 Å². The molecule has 2 aliphatic heterocycles. The zero-order valence-corrected chi connectivity index (χ0v) is 15.2. The van der Waals surface area contributed by atoms with Crippen LogP contribution in [-0.4, -0.2) is 52.4 Å². The van der Waals surface area contributed by atoms with Crippen LogP contribution in [0.1, 0.15) is 56.3 Å². The molecule has 2 atom stereocenters. The van der Waals surface area contributed by atoms with Gasteiger partial charge in [-0.2, -0.15) is 0 Å². The molecule has 0 aromatic heterocycles. The summed E-state index contributed by atoms with van der Waals surface area (Å²) in [6.45, 7) is 6.55. The Balaban J connectivity index is 1.76. The average molecular weight is 344 g/mol. The van der Waals surface area contributed by atoms with Crippen LogP contribution in [0, 0.1) is 5.41 Å². The van der Waals surface area contributed by atoms with E-state index in [0.717, 1.165) is 38.8 Å². The summed E-state index contributed by atoms with van der Waals surface area (Å²) in [5.74, 6) is -0.202. The molecule has 0 spiro atoms. The van der Waals surface area contributed by atoms with Gasteiger partial charge in [0.1, 0.15) is 11.8 Å². The maximum absolute atomic E-state index is 13.1. The summed E-state index contributed by atoms with van der Waals surface area (Å²) in [6, 6.07) is 6.16. The molecule has 5 heteroatoms. The van der Waals surface area contributed by atoms with Gasteiger partial charge in [-0.25, -0.2) is 0 Å². The van der Waals surface area contributed by atoms with Gasteiger partial charge in [0, 0.05) is 19.6 Å². The summed E-state index contributed by atoms with van der Waals surface area (Å²) in [7, 11) is 0. The number of phenols is 1. The van der Waals surface area contributed by atoms with Crippen LogP contribution < -0.4 is 0 Å². The molecule has 0 radical (unpaired) electrons. The molecule has 0 saturated carbocycles. The van der Waals surface area contributed by atoms with Gasteiger partial charge in [0.25, 0.3) is 5.91 Å². The Morgan fingerprint density at radius 3 is 2.72 bits per heavy atom. The number of piperidine rings is 1. The second kappa shape index (κ2) is 7.06. The Morgan fingerprint density at radius 2 is 2.00 bits per heavy atom. The summed E-state index contributed by atoms with van der Waals surface area (Å²) in [6.07, 6.45) is 4.77. The van der Waals surface area contributed by atoms with Crippen LogP contribution in [-0.2, 0) is 4.79 Å². The maximum atomic E-state index is 13.1. The number of amides is 2. The molecular formula is C20H28N2O3. The Morgan fingerprint density at radius 1 is 1.24 bits per heavy atom. The van der Waals surface area contributed by atoms with E-state index in [4.69, 9.17) is 0 Å². The number of rotatable bonds is 3. The second-order valence-electron chi connectivity index (χ2n) is 7.70. The molecule has 5 nitrogen and oxygen atoms in total. The van der Waals surface area contributed by atoms with Crippen LogP contribution in [0.25, 0.3) is 0 Å². The predicted octanol–water partition coefficient (Wildman–Crippen LogP) is 3.04. The molecule has 2 unspecified atom stereocenters. The first-order valence-corrected chi connectivity index (χ1v) is 9.33. The summed E-state index contributed by atoms with van der Waals surface area (Å²) >= 11 is 0. The minimum atomic E-state index is -0.397. The van der Waals surface area contributed by atoms with E-state index in [9.17, 15) is 14.7 Å². The van der Waals surface area contributed by atoms with Crippen molar-refractivity contribution in [2.75, 3.05) is 19.6 Å². The van der Waals surface area contributed by atoms with Crippen molar-refractivity contribution in [2.24, 2.45) is 5.41 Å². The highest BCUT2D eigenvalue weighted by Gasteiger charge is 2.40. The zero-order chi connectivity index (χ0) is 18.0. The lowest BCUT2D eigenvalue weighted by Gasteiger charge is -2.41. The van der Waals surface area contributed by atoms with Crippen molar-refractivity contribution in [3.05, 3.63) is 29.8 Å². The molecule has 25 heavy (non-hydrogen) atoms. The van der Waals surface area contributed by atoms with Crippen molar-refractivity contribution in [3.63, 3.8) is 0 Å². The zero-order valence-electron chi connectivity index (χ0n) is 15.2. The largest absolute Gasteiger partial charge is 0.507 e. The molecule has 3 rings (SSSR count). The van der Waals surface area contributed by atoms with Crippen LogP contribution >= 0.6 is 0 Å². The van der Waals surface area contributed by atoms with Crippen LogP contribution in [0.3, 0.4) is 0 Å². The van der Waals surface area contributed by atoms with Crippen molar-refractivity contribution in [3.8, 4) is 5.75 Å². The molecular weight excluding hydrogens is 316 g/mol. The lowest BCUT2D eigenvalue weighted by atomic mass is 9.79. The smallest absolute Gasteiger partial charge is 0.258 e. The predicted molar refractivity (Wildman–Crippen MR) is 96.4 cm³/mol. The van der Waals surface area contributed by atoms with Crippen LogP contribution in [0.15, 0.2) is 24.3 Å². The molecule has 0 aliphatic carbocycles. The fourth-order valence-corrected chi connectivity index (χ4v) is 4.08.